The van der Waals surface area contributed by atoms with Crippen molar-refractivity contribution < 1.29 is 5.11 Å². The lowest BCUT2D eigenvalue weighted by molar-refractivity contribution is 0.0375. The Labute approximate surface area is 157 Å². The number of nitrogens with zero attached hydrogens (tertiary/aromatic N) is 4. The van der Waals surface area contributed by atoms with E-state index in [9.17, 15) is 5.11 Å². The topological polar surface area (TPSA) is 52.5 Å². The summed E-state index contributed by atoms with van der Waals surface area (Å²) in [5.74, 6) is 1.66. The first-order valence-electron chi connectivity index (χ1n) is 10.7. The van der Waals surface area contributed by atoms with Gasteiger partial charge in [-0.05, 0) is 51.6 Å². The summed E-state index contributed by atoms with van der Waals surface area (Å²) in [5.41, 5.74) is 1.25. The molecule has 4 rings (SSSR count). The molecule has 3 aliphatic rings. The highest BCUT2D eigenvalue weighted by molar-refractivity contribution is 5.08. The molecule has 0 unspecified atom stereocenters. The molecule has 26 heavy (non-hydrogen) atoms. The second-order valence-corrected chi connectivity index (χ2v) is 8.56. The number of hydrogen-bond donors (Lipinski definition) is 1. The van der Waals surface area contributed by atoms with Gasteiger partial charge in [-0.2, -0.15) is 0 Å². The molecule has 3 fully saturated rings. The third-order valence-corrected chi connectivity index (χ3v) is 6.67. The first-order valence-corrected chi connectivity index (χ1v) is 10.7. The molecule has 0 amide bonds. The largest absolute Gasteiger partial charge is 0.393 e. The summed E-state index contributed by atoms with van der Waals surface area (Å²) in [7, 11) is 0. The fourth-order valence-corrected chi connectivity index (χ4v) is 4.97. The second kappa shape index (κ2) is 8.77. The smallest absolute Gasteiger partial charge is 0.131 e. The van der Waals surface area contributed by atoms with Crippen LogP contribution in [0.3, 0.4) is 0 Å². The van der Waals surface area contributed by atoms with Crippen molar-refractivity contribution >= 4 is 0 Å². The van der Waals surface area contributed by atoms with Gasteiger partial charge < -0.3 is 10.0 Å². The summed E-state index contributed by atoms with van der Waals surface area (Å²) < 4.78 is 0. The first kappa shape index (κ1) is 18.3. The van der Waals surface area contributed by atoms with E-state index in [4.69, 9.17) is 9.97 Å². The number of piperidine rings is 2. The minimum Gasteiger partial charge on any atom is -0.393 e. The van der Waals surface area contributed by atoms with Crippen LogP contribution in [0.15, 0.2) is 12.4 Å². The van der Waals surface area contributed by atoms with E-state index in [1.807, 2.05) is 0 Å². The van der Waals surface area contributed by atoms with E-state index in [1.54, 1.807) is 0 Å². The van der Waals surface area contributed by atoms with Gasteiger partial charge in [-0.25, -0.2) is 9.97 Å². The maximum atomic E-state index is 9.69. The molecule has 1 aromatic heterocycles. The van der Waals surface area contributed by atoms with E-state index in [0.717, 1.165) is 51.4 Å². The van der Waals surface area contributed by atoms with Crippen LogP contribution in [-0.2, 0) is 6.54 Å². The van der Waals surface area contributed by atoms with Gasteiger partial charge in [0.15, 0.2) is 0 Å². The van der Waals surface area contributed by atoms with Gasteiger partial charge in [0, 0.05) is 49.6 Å². The molecule has 3 heterocycles. The Kier molecular flexibility index (Phi) is 6.18. The number of aromatic nitrogens is 2. The van der Waals surface area contributed by atoms with Crippen molar-refractivity contribution in [2.45, 2.75) is 82.4 Å². The van der Waals surface area contributed by atoms with Crippen LogP contribution in [0.5, 0.6) is 0 Å². The second-order valence-electron chi connectivity index (χ2n) is 8.56. The molecule has 5 nitrogen and oxygen atoms in total. The van der Waals surface area contributed by atoms with Gasteiger partial charge in [-0.15, -0.1) is 0 Å². The molecule has 1 saturated carbocycles. The molecule has 144 valence electrons. The van der Waals surface area contributed by atoms with Gasteiger partial charge in [0.05, 0.1) is 6.10 Å². The molecule has 0 radical (unpaired) electrons. The molecule has 5 heteroatoms. The molecule has 2 saturated heterocycles. The van der Waals surface area contributed by atoms with Crippen LogP contribution in [-0.4, -0.2) is 63.2 Å². The van der Waals surface area contributed by atoms with E-state index >= 15 is 0 Å². The summed E-state index contributed by atoms with van der Waals surface area (Å²) in [6.45, 7) is 5.45. The predicted octanol–water partition coefficient (Wildman–Crippen LogP) is 2.95. The summed E-state index contributed by atoms with van der Waals surface area (Å²) in [5, 5.41) is 9.69. The molecule has 2 aliphatic heterocycles. The lowest BCUT2D eigenvalue weighted by atomic mass is 9.89. The first-order chi connectivity index (χ1) is 12.8. The molecule has 1 aromatic rings. The summed E-state index contributed by atoms with van der Waals surface area (Å²) in [6.07, 6.45) is 15.0. The van der Waals surface area contributed by atoms with Crippen molar-refractivity contribution in [3.05, 3.63) is 23.8 Å². The lowest BCUT2D eigenvalue weighted by Gasteiger charge is -2.41. The highest BCUT2D eigenvalue weighted by Crippen LogP contribution is 2.30. The van der Waals surface area contributed by atoms with Crippen LogP contribution in [0, 0.1) is 0 Å². The zero-order valence-corrected chi connectivity index (χ0v) is 16.0. The number of hydrogen-bond acceptors (Lipinski definition) is 5. The fraction of sp³-hybridized carbons (Fsp3) is 0.810. The molecule has 1 aliphatic carbocycles. The summed E-state index contributed by atoms with van der Waals surface area (Å²) in [6, 6.07) is 0.712. The minimum atomic E-state index is -0.0667. The highest BCUT2D eigenvalue weighted by Gasteiger charge is 2.27. The van der Waals surface area contributed by atoms with Gasteiger partial charge in [-0.1, -0.05) is 19.3 Å². The van der Waals surface area contributed by atoms with Crippen molar-refractivity contribution in [2.75, 3.05) is 26.2 Å². The highest BCUT2D eigenvalue weighted by atomic mass is 16.3. The molecule has 0 bridgehead atoms. The molecule has 0 aromatic carbocycles. The van der Waals surface area contributed by atoms with Crippen LogP contribution in [0.25, 0.3) is 0 Å². The molecular formula is C21H34N4O. The third-order valence-electron chi connectivity index (χ3n) is 6.67. The number of aliphatic hydroxyl groups is 1. The predicted molar refractivity (Wildman–Crippen MR) is 103 cm³/mol. The quantitative estimate of drug-likeness (QED) is 0.897. The SMILES string of the molecule is OC1CCN(C2CCN(Cc3cnc(C4CCCCC4)nc3)CC2)CC1. The average molecular weight is 359 g/mol. The van der Waals surface area contributed by atoms with Crippen molar-refractivity contribution in [2.24, 2.45) is 0 Å². The minimum absolute atomic E-state index is 0.0667. The Morgan fingerprint density at radius 2 is 1.50 bits per heavy atom. The van der Waals surface area contributed by atoms with Gasteiger partial charge in [0.2, 0.25) is 0 Å². The zero-order valence-electron chi connectivity index (χ0n) is 16.0. The van der Waals surface area contributed by atoms with E-state index in [-0.39, 0.29) is 6.10 Å². The van der Waals surface area contributed by atoms with Gasteiger partial charge in [0.1, 0.15) is 5.82 Å². The van der Waals surface area contributed by atoms with Gasteiger partial charge in [-0.3, -0.25) is 4.90 Å². The van der Waals surface area contributed by atoms with Crippen molar-refractivity contribution in [3.8, 4) is 0 Å². The van der Waals surface area contributed by atoms with E-state index in [1.165, 1.54) is 50.5 Å². The van der Waals surface area contributed by atoms with Crippen molar-refractivity contribution in [1.82, 2.24) is 19.8 Å². The average Bonchev–Trinajstić information content (AvgIpc) is 2.71. The summed E-state index contributed by atoms with van der Waals surface area (Å²) >= 11 is 0. The summed E-state index contributed by atoms with van der Waals surface area (Å²) in [4.78, 5) is 14.5. The van der Waals surface area contributed by atoms with Crippen LogP contribution in [0.2, 0.25) is 0 Å². The zero-order chi connectivity index (χ0) is 17.8. The molecule has 0 atom stereocenters. The Balaban J connectivity index is 1.24. The van der Waals surface area contributed by atoms with Crippen LogP contribution >= 0.6 is 0 Å². The number of aliphatic hydroxyl groups excluding tert-OH is 1. The maximum absolute atomic E-state index is 9.69. The standard InChI is InChI=1S/C21H34N4O/c26-20-8-12-25(13-9-20)19-6-10-24(11-7-19)16-17-14-22-21(23-15-17)18-4-2-1-3-5-18/h14-15,18-20,26H,1-13,16H2. The van der Waals surface area contributed by atoms with Crippen LogP contribution < -0.4 is 0 Å². The lowest BCUT2D eigenvalue weighted by Crippen LogP contribution is -2.48. The van der Waals surface area contributed by atoms with Crippen LogP contribution in [0.4, 0.5) is 0 Å². The Bertz CT molecular complexity index is 542. The number of rotatable bonds is 4. The normalized spacial score (nSPS) is 25.6. The van der Waals surface area contributed by atoms with Gasteiger partial charge in [0.25, 0.3) is 0 Å². The fourth-order valence-electron chi connectivity index (χ4n) is 4.97. The molecule has 0 spiro atoms. The van der Waals surface area contributed by atoms with Crippen molar-refractivity contribution in [3.63, 3.8) is 0 Å². The van der Waals surface area contributed by atoms with Crippen LogP contribution in [0.1, 0.15) is 75.1 Å². The Morgan fingerprint density at radius 1 is 0.846 bits per heavy atom. The Morgan fingerprint density at radius 3 is 2.15 bits per heavy atom. The maximum Gasteiger partial charge on any atom is 0.131 e. The van der Waals surface area contributed by atoms with E-state index in [0.29, 0.717) is 12.0 Å². The number of likely N-dealkylation sites (tertiary alicyclic amines) is 2. The monoisotopic (exact) mass is 358 g/mol. The van der Waals surface area contributed by atoms with Gasteiger partial charge >= 0.3 is 0 Å². The third kappa shape index (κ3) is 4.62. The van der Waals surface area contributed by atoms with E-state index in [2.05, 4.69) is 22.2 Å². The molecule has 1 N–H and O–H groups in total. The molecular weight excluding hydrogens is 324 g/mol. The Hall–Kier alpha value is -1.04. The van der Waals surface area contributed by atoms with Crippen molar-refractivity contribution in [1.29, 1.82) is 0 Å². The van der Waals surface area contributed by atoms with E-state index < -0.39 is 0 Å².